The predicted octanol–water partition coefficient (Wildman–Crippen LogP) is 0.943. The second-order valence-corrected chi connectivity index (χ2v) is 5.72. The normalized spacial score (nSPS) is 18.0. The number of rotatable bonds is 6. The Labute approximate surface area is 122 Å². The summed E-state index contributed by atoms with van der Waals surface area (Å²) in [4.78, 5) is 13.0. The van der Waals surface area contributed by atoms with Crippen molar-refractivity contribution in [2.75, 3.05) is 10.7 Å². The van der Waals surface area contributed by atoms with E-state index in [4.69, 9.17) is 5.84 Å². The molecule has 110 valence electrons. The molecule has 0 unspecified atom stereocenters. The van der Waals surface area contributed by atoms with E-state index in [0.29, 0.717) is 23.9 Å². The van der Waals surface area contributed by atoms with Crippen molar-refractivity contribution >= 4 is 11.9 Å². The van der Waals surface area contributed by atoms with Gasteiger partial charge in [0.05, 0.1) is 0 Å². The van der Waals surface area contributed by atoms with E-state index in [1.165, 1.54) is 25.7 Å². The maximum Gasteiger partial charge on any atom is 0.257 e. The van der Waals surface area contributed by atoms with Gasteiger partial charge in [0.15, 0.2) is 0 Å². The summed E-state index contributed by atoms with van der Waals surface area (Å²) < 4.78 is 1.59. The van der Waals surface area contributed by atoms with Gasteiger partial charge < -0.3 is 5.32 Å². The third-order valence-corrected chi connectivity index (χ3v) is 4.02. The number of nitrogens with two attached hydrogens (primary N) is 1. The lowest BCUT2D eigenvalue weighted by molar-refractivity contribution is 0.562. The van der Waals surface area contributed by atoms with Crippen molar-refractivity contribution in [3.8, 4) is 5.95 Å². The van der Waals surface area contributed by atoms with Crippen LogP contribution >= 0.6 is 0 Å². The molecule has 0 radical (unpaired) electrons. The van der Waals surface area contributed by atoms with Crippen LogP contribution in [0.4, 0.5) is 11.9 Å². The first-order valence-corrected chi connectivity index (χ1v) is 7.33. The Hall–Kier alpha value is -2.22. The fourth-order valence-electron chi connectivity index (χ4n) is 2.66. The highest BCUT2D eigenvalue weighted by Gasteiger charge is 2.41. The summed E-state index contributed by atoms with van der Waals surface area (Å²) in [5.74, 6) is 8.33. The summed E-state index contributed by atoms with van der Waals surface area (Å²) in [6.45, 7) is 0. The van der Waals surface area contributed by atoms with Crippen LogP contribution in [0.15, 0.2) is 18.5 Å². The van der Waals surface area contributed by atoms with Gasteiger partial charge in [-0.15, -0.1) is 0 Å². The highest BCUT2D eigenvalue weighted by molar-refractivity contribution is 5.38. The molecule has 2 aliphatic rings. The van der Waals surface area contributed by atoms with E-state index in [1.807, 2.05) is 6.07 Å². The number of nitrogens with zero attached hydrogens (tertiary/aromatic N) is 5. The molecule has 0 aliphatic heterocycles. The van der Waals surface area contributed by atoms with Crippen LogP contribution < -0.4 is 16.6 Å². The minimum Gasteiger partial charge on any atom is -0.351 e. The second-order valence-electron chi connectivity index (χ2n) is 5.72. The summed E-state index contributed by atoms with van der Waals surface area (Å²) >= 11 is 0. The number of hydrogen-bond donors (Lipinski definition) is 3. The highest BCUT2D eigenvalue weighted by atomic mass is 15.4. The van der Waals surface area contributed by atoms with E-state index >= 15 is 0 Å². The van der Waals surface area contributed by atoms with E-state index < -0.39 is 0 Å². The van der Waals surface area contributed by atoms with Crippen molar-refractivity contribution in [2.45, 2.75) is 31.7 Å². The third kappa shape index (κ3) is 2.66. The van der Waals surface area contributed by atoms with Crippen molar-refractivity contribution in [3.63, 3.8) is 0 Å². The summed E-state index contributed by atoms with van der Waals surface area (Å²) in [7, 11) is 0. The van der Waals surface area contributed by atoms with Crippen LogP contribution in [-0.2, 0) is 0 Å². The van der Waals surface area contributed by atoms with Gasteiger partial charge >= 0.3 is 0 Å². The summed E-state index contributed by atoms with van der Waals surface area (Å²) in [5, 5.41) is 7.63. The Balaban J connectivity index is 1.62. The predicted molar refractivity (Wildman–Crippen MR) is 77.6 cm³/mol. The van der Waals surface area contributed by atoms with Crippen LogP contribution in [0.5, 0.6) is 0 Å². The maximum absolute atomic E-state index is 5.46. The molecule has 4 rings (SSSR count). The molecule has 0 spiro atoms. The minimum absolute atomic E-state index is 0.336. The zero-order valence-electron chi connectivity index (χ0n) is 11.6. The summed E-state index contributed by atoms with van der Waals surface area (Å²) in [6.07, 6.45) is 8.67. The molecule has 21 heavy (non-hydrogen) atoms. The van der Waals surface area contributed by atoms with Gasteiger partial charge in [-0.3, -0.25) is 5.43 Å². The van der Waals surface area contributed by atoms with Crippen molar-refractivity contribution in [1.29, 1.82) is 0 Å². The second kappa shape index (κ2) is 4.96. The van der Waals surface area contributed by atoms with E-state index in [2.05, 4.69) is 30.8 Å². The van der Waals surface area contributed by atoms with Crippen LogP contribution in [0.1, 0.15) is 25.7 Å². The van der Waals surface area contributed by atoms with Gasteiger partial charge in [-0.25, -0.2) is 10.5 Å². The molecule has 8 heteroatoms. The Morgan fingerprint density at radius 2 is 1.81 bits per heavy atom. The molecule has 0 aromatic carbocycles. The van der Waals surface area contributed by atoms with E-state index in [9.17, 15) is 0 Å². The number of hydrazine groups is 1. The van der Waals surface area contributed by atoms with Crippen LogP contribution in [0, 0.1) is 11.8 Å². The largest absolute Gasteiger partial charge is 0.351 e. The molecular formula is C13H18N8. The number of nitrogen functional groups attached to an aromatic ring is 1. The minimum atomic E-state index is 0.336. The number of aromatic nitrogens is 5. The average Bonchev–Trinajstić information content (AvgIpc) is 3.44. The molecule has 0 saturated heterocycles. The Kier molecular flexibility index (Phi) is 2.95. The summed E-state index contributed by atoms with van der Waals surface area (Å²) in [6, 6.07) is 2.30. The lowest BCUT2D eigenvalue weighted by atomic mass is 10.1. The van der Waals surface area contributed by atoms with Crippen molar-refractivity contribution in [2.24, 2.45) is 17.7 Å². The maximum atomic E-state index is 5.46. The van der Waals surface area contributed by atoms with Crippen LogP contribution in [-0.4, -0.2) is 30.8 Å². The molecule has 2 fully saturated rings. The Morgan fingerprint density at radius 3 is 2.38 bits per heavy atom. The van der Waals surface area contributed by atoms with Gasteiger partial charge in [0.2, 0.25) is 11.9 Å². The van der Waals surface area contributed by atoms with Crippen LogP contribution in [0.25, 0.3) is 5.95 Å². The first kappa shape index (κ1) is 12.5. The van der Waals surface area contributed by atoms with E-state index in [0.717, 1.165) is 11.8 Å². The third-order valence-electron chi connectivity index (χ3n) is 4.02. The van der Waals surface area contributed by atoms with E-state index in [-0.39, 0.29) is 0 Å². The molecule has 4 N–H and O–H groups in total. The van der Waals surface area contributed by atoms with Gasteiger partial charge in [-0.1, -0.05) is 0 Å². The zero-order valence-corrected chi connectivity index (χ0v) is 11.6. The lowest BCUT2D eigenvalue weighted by Gasteiger charge is -2.18. The number of hydrogen-bond acceptors (Lipinski definition) is 7. The fraction of sp³-hybridized carbons (Fsp3) is 0.538. The molecule has 2 aromatic heterocycles. The lowest BCUT2D eigenvalue weighted by Crippen LogP contribution is -2.26. The average molecular weight is 286 g/mol. The first-order valence-electron chi connectivity index (χ1n) is 7.33. The zero-order chi connectivity index (χ0) is 14.2. The van der Waals surface area contributed by atoms with Gasteiger partial charge in [-0.05, 0) is 43.6 Å². The van der Waals surface area contributed by atoms with E-state index in [1.54, 1.807) is 17.1 Å². The van der Waals surface area contributed by atoms with Gasteiger partial charge in [-0.2, -0.15) is 20.1 Å². The topological polar surface area (TPSA) is 107 Å². The molecule has 2 heterocycles. The summed E-state index contributed by atoms with van der Waals surface area (Å²) in [5.41, 5.74) is 2.49. The van der Waals surface area contributed by atoms with Crippen molar-refractivity contribution in [3.05, 3.63) is 18.5 Å². The van der Waals surface area contributed by atoms with Gasteiger partial charge in [0.25, 0.3) is 5.95 Å². The molecule has 0 atom stereocenters. The number of nitrogens with one attached hydrogen (secondary N) is 2. The van der Waals surface area contributed by atoms with Crippen molar-refractivity contribution < 1.29 is 0 Å². The smallest absolute Gasteiger partial charge is 0.257 e. The Bertz CT molecular complexity index is 605. The molecule has 8 nitrogen and oxygen atoms in total. The molecule has 2 aromatic rings. The first-order chi connectivity index (χ1) is 10.3. The fourth-order valence-corrected chi connectivity index (χ4v) is 2.66. The molecule has 0 bridgehead atoms. The molecule has 0 amide bonds. The monoisotopic (exact) mass is 286 g/mol. The van der Waals surface area contributed by atoms with Gasteiger partial charge in [0, 0.05) is 18.4 Å². The molecular weight excluding hydrogens is 268 g/mol. The van der Waals surface area contributed by atoms with Gasteiger partial charge in [0.1, 0.15) is 0 Å². The highest BCUT2D eigenvalue weighted by Crippen LogP contribution is 2.45. The quantitative estimate of drug-likeness (QED) is 0.536. The molecule has 2 saturated carbocycles. The SMILES string of the molecule is NNc1nc(NC(C2CC2)C2CC2)nc(-n2cccn2)n1. The van der Waals surface area contributed by atoms with Crippen LogP contribution in [0.3, 0.4) is 0 Å². The van der Waals surface area contributed by atoms with Crippen LogP contribution in [0.2, 0.25) is 0 Å². The molecule has 2 aliphatic carbocycles. The Morgan fingerprint density at radius 1 is 1.10 bits per heavy atom. The van der Waals surface area contributed by atoms with Crippen molar-refractivity contribution in [1.82, 2.24) is 24.7 Å². The number of anilines is 2. The standard InChI is InChI=1S/C13H18N8/c14-20-12-17-11(16-10(8-2-3-8)9-4-5-9)18-13(19-12)21-7-1-6-15-21/h1,6-10H,2-5,14H2,(H2,16,17,18,19,20).